The van der Waals surface area contributed by atoms with Crippen molar-refractivity contribution in [2.24, 2.45) is 0 Å². The van der Waals surface area contributed by atoms with Crippen molar-refractivity contribution in [3.63, 3.8) is 0 Å². The molecule has 82 valence electrons. The number of nitrogens with zero attached hydrogens (tertiary/aromatic N) is 2. The number of aromatic amines is 1. The fraction of sp³-hybridized carbons (Fsp3) is 0.444. The molecule has 0 saturated carbocycles. The molecule has 1 aromatic rings. The van der Waals surface area contributed by atoms with Crippen LogP contribution >= 0.6 is 0 Å². The number of aromatic nitrogens is 2. The number of carbonyl (C=O) groups excluding carboxylic acids is 1. The van der Waals surface area contributed by atoms with Gasteiger partial charge in [-0.2, -0.15) is 5.10 Å². The maximum absolute atomic E-state index is 11.1. The fourth-order valence-corrected chi connectivity index (χ4v) is 1.52. The quantitative estimate of drug-likeness (QED) is 0.698. The third-order valence-electron chi connectivity index (χ3n) is 2.27. The van der Waals surface area contributed by atoms with E-state index in [1.54, 1.807) is 13.8 Å². The maximum Gasteiger partial charge on any atom is 0.331 e. The molecule has 1 amide bonds. The monoisotopic (exact) mass is 211 g/mol. The van der Waals surface area contributed by atoms with Gasteiger partial charge >= 0.3 is 5.97 Å². The number of rotatable bonds is 4. The first-order valence-corrected chi connectivity index (χ1v) is 4.40. The average molecular weight is 211 g/mol. The Kier molecular flexibility index (Phi) is 3.08. The summed E-state index contributed by atoms with van der Waals surface area (Å²) in [5.41, 5.74) is 1.79. The van der Waals surface area contributed by atoms with Crippen molar-refractivity contribution in [2.45, 2.75) is 19.9 Å². The van der Waals surface area contributed by atoms with Crippen molar-refractivity contribution in [1.82, 2.24) is 15.1 Å². The second-order valence-electron chi connectivity index (χ2n) is 3.36. The molecular weight excluding hydrogens is 198 g/mol. The minimum absolute atomic E-state index is 0.491. The first-order valence-electron chi connectivity index (χ1n) is 4.40. The molecule has 6 heteroatoms. The Morgan fingerprint density at radius 3 is 2.53 bits per heavy atom. The lowest BCUT2D eigenvalue weighted by molar-refractivity contribution is -0.145. The van der Waals surface area contributed by atoms with Crippen LogP contribution in [-0.4, -0.2) is 39.6 Å². The van der Waals surface area contributed by atoms with E-state index < -0.39 is 12.0 Å². The summed E-state index contributed by atoms with van der Waals surface area (Å²) in [5.74, 6) is -1.07. The molecule has 1 unspecified atom stereocenters. The van der Waals surface area contributed by atoms with Crippen LogP contribution in [0, 0.1) is 13.8 Å². The molecular formula is C9H13N3O3. The van der Waals surface area contributed by atoms with E-state index in [0.29, 0.717) is 23.4 Å². The van der Waals surface area contributed by atoms with Crippen LogP contribution in [0.5, 0.6) is 0 Å². The van der Waals surface area contributed by atoms with Gasteiger partial charge in [0, 0.05) is 18.3 Å². The number of H-pyrrole nitrogens is 1. The first-order chi connectivity index (χ1) is 6.99. The van der Waals surface area contributed by atoms with Gasteiger partial charge in [-0.05, 0) is 13.8 Å². The summed E-state index contributed by atoms with van der Waals surface area (Å²) in [6.07, 6.45) is 0.491. The number of hydrogen-bond donors (Lipinski definition) is 2. The van der Waals surface area contributed by atoms with Crippen LogP contribution < -0.4 is 0 Å². The zero-order valence-corrected chi connectivity index (χ0v) is 8.81. The van der Waals surface area contributed by atoms with E-state index in [1.165, 1.54) is 7.05 Å². The van der Waals surface area contributed by atoms with Crippen LogP contribution in [0.15, 0.2) is 0 Å². The number of carboxylic acids is 1. The summed E-state index contributed by atoms with van der Waals surface area (Å²) >= 11 is 0. The molecule has 1 heterocycles. The standard InChI is InChI=1S/C9H13N3O3/c1-5-7(6(2)11-10-5)8(9(14)15)12(3)4-13/h4,8H,1-3H3,(H,10,11)(H,14,15). The Bertz CT molecular complexity index is 366. The van der Waals surface area contributed by atoms with E-state index in [1.807, 2.05) is 0 Å². The molecule has 1 atom stereocenters. The van der Waals surface area contributed by atoms with Gasteiger partial charge in [-0.3, -0.25) is 9.89 Å². The molecule has 0 saturated heterocycles. The highest BCUT2D eigenvalue weighted by molar-refractivity contribution is 5.78. The van der Waals surface area contributed by atoms with Crippen LogP contribution in [0.2, 0.25) is 0 Å². The zero-order chi connectivity index (χ0) is 11.6. The van der Waals surface area contributed by atoms with Gasteiger partial charge in [0.1, 0.15) is 0 Å². The Labute approximate surface area is 86.9 Å². The van der Waals surface area contributed by atoms with Gasteiger partial charge in [-0.1, -0.05) is 0 Å². The van der Waals surface area contributed by atoms with Crippen LogP contribution in [-0.2, 0) is 9.59 Å². The SMILES string of the molecule is Cc1n[nH]c(C)c1C(C(=O)O)N(C)C=O. The Hall–Kier alpha value is -1.85. The van der Waals surface area contributed by atoms with Gasteiger partial charge in [0.15, 0.2) is 6.04 Å². The number of hydrogen-bond acceptors (Lipinski definition) is 3. The number of carbonyl (C=O) groups is 2. The van der Waals surface area contributed by atoms with E-state index in [4.69, 9.17) is 5.11 Å². The van der Waals surface area contributed by atoms with Crippen molar-refractivity contribution in [1.29, 1.82) is 0 Å². The predicted octanol–water partition coefficient (Wildman–Crippen LogP) is 0.240. The number of nitrogens with one attached hydrogen (secondary N) is 1. The van der Waals surface area contributed by atoms with E-state index in [9.17, 15) is 9.59 Å². The molecule has 0 aliphatic rings. The van der Waals surface area contributed by atoms with E-state index in [2.05, 4.69) is 10.2 Å². The molecule has 15 heavy (non-hydrogen) atoms. The lowest BCUT2D eigenvalue weighted by Gasteiger charge is -2.20. The second-order valence-corrected chi connectivity index (χ2v) is 3.36. The summed E-state index contributed by atoms with van der Waals surface area (Å²) in [7, 11) is 1.43. The second kappa shape index (κ2) is 4.12. The predicted molar refractivity (Wildman–Crippen MR) is 52.3 cm³/mol. The highest BCUT2D eigenvalue weighted by Gasteiger charge is 2.28. The van der Waals surface area contributed by atoms with Crippen LogP contribution in [0.25, 0.3) is 0 Å². The smallest absolute Gasteiger partial charge is 0.331 e. The molecule has 0 bridgehead atoms. The molecule has 1 aromatic heterocycles. The normalized spacial score (nSPS) is 12.2. The number of aliphatic carboxylic acids is 1. The lowest BCUT2D eigenvalue weighted by Crippen LogP contribution is -2.30. The molecule has 2 N–H and O–H groups in total. The summed E-state index contributed by atoms with van der Waals surface area (Å²) in [4.78, 5) is 22.8. The van der Waals surface area contributed by atoms with Crippen molar-refractivity contribution in [3.05, 3.63) is 17.0 Å². The third-order valence-corrected chi connectivity index (χ3v) is 2.27. The molecule has 0 aliphatic heterocycles. The summed E-state index contributed by atoms with van der Waals surface area (Å²) < 4.78 is 0. The molecule has 0 spiro atoms. The van der Waals surface area contributed by atoms with Crippen LogP contribution in [0.4, 0.5) is 0 Å². The van der Waals surface area contributed by atoms with E-state index in [-0.39, 0.29) is 0 Å². The highest BCUT2D eigenvalue weighted by atomic mass is 16.4. The van der Waals surface area contributed by atoms with E-state index in [0.717, 1.165) is 4.90 Å². The van der Waals surface area contributed by atoms with Gasteiger partial charge in [0.2, 0.25) is 6.41 Å². The van der Waals surface area contributed by atoms with Gasteiger partial charge < -0.3 is 10.0 Å². The number of aryl methyl sites for hydroxylation is 2. The summed E-state index contributed by atoms with van der Waals surface area (Å²) in [6, 6.07) is -0.985. The van der Waals surface area contributed by atoms with Crippen molar-refractivity contribution >= 4 is 12.4 Å². The van der Waals surface area contributed by atoms with Gasteiger partial charge in [0.05, 0.1) is 5.69 Å². The Morgan fingerprint density at radius 2 is 2.20 bits per heavy atom. The topological polar surface area (TPSA) is 86.3 Å². The number of carboxylic acid groups (broad SMARTS) is 1. The van der Waals surface area contributed by atoms with Gasteiger partial charge in [-0.15, -0.1) is 0 Å². The zero-order valence-electron chi connectivity index (χ0n) is 8.81. The highest BCUT2D eigenvalue weighted by Crippen LogP contribution is 2.23. The molecule has 0 aromatic carbocycles. The molecule has 6 nitrogen and oxygen atoms in total. The van der Waals surface area contributed by atoms with Crippen molar-refractivity contribution in [3.8, 4) is 0 Å². The third kappa shape index (κ3) is 1.98. The fourth-order valence-electron chi connectivity index (χ4n) is 1.52. The van der Waals surface area contributed by atoms with E-state index >= 15 is 0 Å². The van der Waals surface area contributed by atoms with Crippen molar-refractivity contribution < 1.29 is 14.7 Å². The maximum atomic E-state index is 11.1. The first kappa shape index (κ1) is 11.2. The van der Waals surface area contributed by atoms with Crippen LogP contribution in [0.3, 0.4) is 0 Å². The molecule has 1 rings (SSSR count). The van der Waals surface area contributed by atoms with Gasteiger partial charge in [0.25, 0.3) is 0 Å². The largest absolute Gasteiger partial charge is 0.479 e. The summed E-state index contributed by atoms with van der Waals surface area (Å²) in [6.45, 7) is 3.43. The average Bonchev–Trinajstić information content (AvgIpc) is 2.49. The lowest BCUT2D eigenvalue weighted by atomic mass is 10.0. The summed E-state index contributed by atoms with van der Waals surface area (Å²) in [5, 5.41) is 15.7. The minimum Gasteiger partial charge on any atom is -0.479 e. The molecule has 0 radical (unpaired) electrons. The Morgan fingerprint density at radius 1 is 1.60 bits per heavy atom. The number of likely N-dealkylation sites (N-methyl/N-ethyl adjacent to an activating group) is 1. The van der Waals surface area contributed by atoms with Crippen LogP contribution in [0.1, 0.15) is 23.0 Å². The number of amides is 1. The molecule has 0 aliphatic carbocycles. The van der Waals surface area contributed by atoms with Gasteiger partial charge in [-0.25, -0.2) is 4.79 Å². The minimum atomic E-state index is -1.07. The van der Waals surface area contributed by atoms with Crippen molar-refractivity contribution in [2.75, 3.05) is 7.05 Å². The Balaban J connectivity index is 3.21. The molecule has 0 fully saturated rings.